The number of Topliss-reactive ketones (excluding diaryl/α,β-unsaturated/α-hetero) is 1. The molecule has 0 bridgehead atoms. The third-order valence-corrected chi connectivity index (χ3v) is 13.2. The van der Waals surface area contributed by atoms with E-state index in [0.29, 0.717) is 12.8 Å². The minimum Gasteiger partial charge on any atom is -0.504 e. The Morgan fingerprint density at radius 3 is 2.43 bits per heavy atom. The van der Waals surface area contributed by atoms with Crippen LogP contribution in [0.2, 0.25) is 0 Å². The number of aliphatic hydroxyl groups is 1. The summed E-state index contributed by atoms with van der Waals surface area (Å²) in [5, 5.41) is 31.1. The van der Waals surface area contributed by atoms with Crippen LogP contribution in [0.5, 0.6) is 0 Å². The van der Waals surface area contributed by atoms with Crippen molar-refractivity contribution in [3.05, 3.63) is 63.4 Å². The van der Waals surface area contributed by atoms with Gasteiger partial charge in [-0.1, -0.05) is 45.4 Å². The molecule has 0 radical (unpaired) electrons. The lowest BCUT2D eigenvalue weighted by atomic mass is 9.43. The fourth-order valence-corrected chi connectivity index (χ4v) is 10.8. The van der Waals surface area contributed by atoms with E-state index in [1.165, 1.54) is 30.4 Å². The number of carboxylic acid groups (broad SMARTS) is 1. The predicted octanol–water partition coefficient (Wildman–Crippen LogP) is 6.54. The topological polar surface area (TPSA) is 170 Å². The Balaban J connectivity index is 1.44. The van der Waals surface area contributed by atoms with Crippen LogP contribution in [-0.4, -0.2) is 55.7 Å². The van der Waals surface area contributed by atoms with Crippen LogP contribution in [0.1, 0.15) is 58.9 Å². The Morgan fingerprint density at radius 2 is 1.78 bits per heavy atom. The van der Waals surface area contributed by atoms with Gasteiger partial charge in [0.2, 0.25) is 5.78 Å². The van der Waals surface area contributed by atoms with Crippen molar-refractivity contribution in [2.24, 2.45) is 39.9 Å². The first kappa shape index (κ1) is 33.9. The molecule has 0 spiro atoms. The van der Waals surface area contributed by atoms with Crippen LogP contribution in [0.25, 0.3) is 0 Å². The van der Waals surface area contributed by atoms with Gasteiger partial charge in [0.1, 0.15) is 6.61 Å². The number of ketones is 2. The molecule has 0 aromatic heterocycles. The maximum Gasteiger partial charge on any atom is 0.509 e. The van der Waals surface area contributed by atoms with E-state index >= 15 is 0 Å². The molecule has 13 heteroatoms. The van der Waals surface area contributed by atoms with Gasteiger partial charge in [0.25, 0.3) is 5.69 Å². The van der Waals surface area contributed by atoms with Gasteiger partial charge in [-0.25, -0.2) is 4.79 Å². The molecule has 0 aliphatic heterocycles. The number of nitro groups is 1. The van der Waals surface area contributed by atoms with Crippen LogP contribution in [0.15, 0.2) is 47.7 Å². The van der Waals surface area contributed by atoms with Crippen molar-refractivity contribution in [2.75, 3.05) is 6.61 Å². The zero-order valence-corrected chi connectivity index (χ0v) is 27.5. The number of halogens is 2. The summed E-state index contributed by atoms with van der Waals surface area (Å²) in [5.74, 6) is -3.83. The van der Waals surface area contributed by atoms with E-state index in [1.807, 2.05) is 27.7 Å². The Morgan fingerprint density at radius 1 is 1.11 bits per heavy atom. The molecule has 3 saturated carbocycles. The molecule has 4 aliphatic rings. The largest absolute Gasteiger partial charge is 0.509 e. The quantitative estimate of drug-likeness (QED) is 0.133. The van der Waals surface area contributed by atoms with E-state index in [0.717, 1.165) is 5.57 Å². The molecule has 9 atom stereocenters. The van der Waals surface area contributed by atoms with Crippen LogP contribution < -0.4 is 0 Å². The smallest absolute Gasteiger partial charge is 0.504 e. The van der Waals surface area contributed by atoms with Gasteiger partial charge in [-0.2, -0.15) is 0 Å². The number of aliphatic carboxylic acids is 1. The van der Waals surface area contributed by atoms with Crippen molar-refractivity contribution >= 4 is 52.6 Å². The molecule has 11 nitrogen and oxygen atoms in total. The summed E-state index contributed by atoms with van der Waals surface area (Å²) in [4.78, 5) is 61.2. The molecule has 0 amide bonds. The lowest BCUT2D eigenvalue weighted by molar-refractivity contribution is -0.385. The summed E-state index contributed by atoms with van der Waals surface area (Å²) >= 11 is 14.9. The van der Waals surface area contributed by atoms with Gasteiger partial charge in [-0.3, -0.25) is 24.5 Å². The number of rotatable bonds is 8. The zero-order chi connectivity index (χ0) is 34.0. The van der Waals surface area contributed by atoms with Gasteiger partial charge in [0.05, 0.1) is 32.6 Å². The summed E-state index contributed by atoms with van der Waals surface area (Å²) in [6.07, 6.45) is 2.34. The van der Waals surface area contributed by atoms with E-state index in [9.17, 15) is 39.5 Å². The minimum atomic E-state index is -1.48. The number of aliphatic hydroxyl groups excluding tert-OH is 1. The highest BCUT2D eigenvalue weighted by atomic mass is 35.5. The van der Waals surface area contributed by atoms with Gasteiger partial charge in [0, 0.05) is 11.5 Å². The Hall–Kier alpha value is -3.44. The highest BCUT2D eigenvalue weighted by Crippen LogP contribution is 2.75. The average molecular weight is 679 g/mol. The average Bonchev–Trinajstić information content (AvgIpc) is 3.19. The van der Waals surface area contributed by atoms with Crippen LogP contribution in [0.3, 0.4) is 0 Å². The van der Waals surface area contributed by atoms with Crippen molar-refractivity contribution in [3.63, 3.8) is 0 Å². The van der Waals surface area contributed by atoms with Crippen molar-refractivity contribution in [3.8, 4) is 0 Å². The van der Waals surface area contributed by atoms with E-state index in [-0.39, 0.29) is 35.4 Å². The molecule has 0 heterocycles. The summed E-state index contributed by atoms with van der Waals surface area (Å²) in [7, 11) is 0. The molecule has 3 fully saturated rings. The van der Waals surface area contributed by atoms with E-state index in [4.69, 9.17) is 32.7 Å². The number of hydrogen-bond acceptors (Lipinski definition) is 9. The fraction of sp³-hybridized carbons (Fsp3) is 0.576. The molecule has 248 valence electrons. The Bertz CT molecular complexity index is 1570. The predicted molar refractivity (Wildman–Crippen MR) is 166 cm³/mol. The number of nitro benzene ring substituents is 1. The second-order valence-corrected chi connectivity index (χ2v) is 14.9. The molecule has 0 unspecified atom stereocenters. The van der Waals surface area contributed by atoms with Crippen LogP contribution >= 0.6 is 23.2 Å². The van der Waals surface area contributed by atoms with Crippen molar-refractivity contribution in [2.45, 2.75) is 70.2 Å². The number of ether oxygens (including phenoxy) is 2. The van der Waals surface area contributed by atoms with Gasteiger partial charge in [-0.15, -0.1) is 23.2 Å². The monoisotopic (exact) mass is 677 g/mol. The summed E-state index contributed by atoms with van der Waals surface area (Å²) in [6, 6.07) is 5.72. The number of fused-ring (bicyclic) bond motifs is 5. The Kier molecular flexibility index (Phi) is 8.60. The normalized spacial score (nSPS) is 38.0. The number of carbonyl (C=O) groups is 4. The van der Waals surface area contributed by atoms with E-state index < -0.39 is 86.4 Å². The highest BCUT2D eigenvalue weighted by Gasteiger charge is 2.75. The second-order valence-electron chi connectivity index (χ2n) is 13.7. The van der Waals surface area contributed by atoms with Gasteiger partial charge in [0.15, 0.2) is 18.1 Å². The number of carboxylic acids is 1. The van der Waals surface area contributed by atoms with Crippen LogP contribution in [0, 0.1) is 50.0 Å². The Labute approximate surface area is 276 Å². The SMILES string of the molecule is C[C@@H]1C[C@H]2[C@@H]3C[C@H](C)C4=CC(=O)C(O)=C[C@]4(C)[C@@]3(Cl)[C@@H](Cl)C[C@]2(C)[C@@]1(CC(=O)O)C(=O)COC(=O)OCc1ccccc1[N+](=O)[O-]. The highest BCUT2D eigenvalue weighted by molar-refractivity contribution is 6.34. The summed E-state index contributed by atoms with van der Waals surface area (Å²) in [5.41, 5.74) is -2.75. The number of para-hydroxylation sites is 1. The first-order valence-corrected chi connectivity index (χ1v) is 16.0. The first-order chi connectivity index (χ1) is 21.4. The number of allylic oxidation sites excluding steroid dienone is 3. The third kappa shape index (κ3) is 4.84. The maximum atomic E-state index is 14.2. The van der Waals surface area contributed by atoms with Gasteiger partial charge >= 0.3 is 12.1 Å². The third-order valence-electron chi connectivity index (χ3n) is 11.7. The summed E-state index contributed by atoms with van der Waals surface area (Å²) in [6.45, 7) is 6.32. The number of alkyl halides is 2. The van der Waals surface area contributed by atoms with Crippen LogP contribution in [-0.2, 0) is 30.5 Å². The van der Waals surface area contributed by atoms with Crippen molar-refractivity contribution in [1.82, 2.24) is 0 Å². The minimum absolute atomic E-state index is 0.111. The molecule has 1 aromatic carbocycles. The molecular weight excluding hydrogens is 641 g/mol. The van der Waals surface area contributed by atoms with Gasteiger partial charge in [-0.05, 0) is 66.6 Å². The van der Waals surface area contributed by atoms with Crippen molar-refractivity contribution < 1.29 is 43.8 Å². The molecule has 0 saturated heterocycles. The molecule has 5 rings (SSSR count). The second kappa shape index (κ2) is 11.7. The van der Waals surface area contributed by atoms with E-state index in [1.54, 1.807) is 6.07 Å². The molecule has 46 heavy (non-hydrogen) atoms. The number of benzene rings is 1. The molecular formula is C33H37Cl2NO10. The van der Waals surface area contributed by atoms with Crippen LogP contribution in [0.4, 0.5) is 10.5 Å². The summed E-state index contributed by atoms with van der Waals surface area (Å²) < 4.78 is 10.3. The molecule has 1 aromatic rings. The van der Waals surface area contributed by atoms with E-state index in [2.05, 4.69) is 0 Å². The lowest BCUT2D eigenvalue weighted by Crippen LogP contribution is -2.67. The number of nitrogens with zero attached hydrogens (tertiary/aromatic N) is 1. The fourth-order valence-electron chi connectivity index (χ4n) is 9.61. The standard InChI is InChI=1S/C33H37Cl2NO10/c1-17-9-22-21-10-18(2)32(14-28(40)41,27(39)16-46-29(42)45-15-19-7-5-6-8-23(19)36(43)44)30(21,3)13-26(34)33(22,35)31(4)12-25(38)24(37)11-20(17)31/h5-8,11-12,17-18,21-22,26,38H,9-10,13-16H2,1-4H3,(H,40,41)/t17-,18+,21-,22-,26-,30-,31-,32+,33-/m0/s1. The number of hydrogen-bond donors (Lipinski definition) is 2. The first-order valence-electron chi connectivity index (χ1n) is 15.2. The molecule has 4 aliphatic carbocycles. The lowest BCUT2D eigenvalue weighted by Gasteiger charge is -2.65. The number of carbonyl (C=O) groups excluding carboxylic acids is 3. The van der Waals surface area contributed by atoms with Crippen molar-refractivity contribution in [1.29, 1.82) is 0 Å². The zero-order valence-electron chi connectivity index (χ0n) is 26.0. The molecule has 2 N–H and O–H groups in total. The van der Waals surface area contributed by atoms with Gasteiger partial charge < -0.3 is 19.7 Å². The maximum absolute atomic E-state index is 14.2.